The Morgan fingerprint density at radius 3 is 2.80 bits per heavy atom. The molecule has 1 aromatic rings. The summed E-state index contributed by atoms with van der Waals surface area (Å²) in [5, 5.41) is 11.3. The standard InChI is InChI=1S/C11H14FNO2/c1-8(7-14)6-13-11(15)9-4-2-3-5-10(9)12/h2-5,8,14H,6-7H2,1H3,(H,13,15). The van der Waals surface area contributed by atoms with E-state index in [-0.39, 0.29) is 18.1 Å². The average molecular weight is 211 g/mol. The van der Waals surface area contributed by atoms with Gasteiger partial charge in [0.05, 0.1) is 5.56 Å². The van der Waals surface area contributed by atoms with Crippen molar-refractivity contribution in [2.75, 3.05) is 13.2 Å². The maximum absolute atomic E-state index is 13.1. The van der Waals surface area contributed by atoms with Crippen molar-refractivity contribution in [1.82, 2.24) is 5.32 Å². The van der Waals surface area contributed by atoms with Gasteiger partial charge in [0.25, 0.3) is 5.91 Å². The van der Waals surface area contributed by atoms with Crippen molar-refractivity contribution in [2.45, 2.75) is 6.92 Å². The van der Waals surface area contributed by atoms with Gasteiger partial charge in [-0.1, -0.05) is 19.1 Å². The van der Waals surface area contributed by atoms with E-state index in [0.29, 0.717) is 6.54 Å². The number of aliphatic hydroxyl groups excluding tert-OH is 1. The molecule has 1 unspecified atom stereocenters. The largest absolute Gasteiger partial charge is 0.396 e. The smallest absolute Gasteiger partial charge is 0.254 e. The van der Waals surface area contributed by atoms with Gasteiger partial charge in [-0.2, -0.15) is 0 Å². The molecule has 1 atom stereocenters. The molecule has 1 amide bonds. The molecule has 15 heavy (non-hydrogen) atoms. The first kappa shape index (κ1) is 11.7. The Morgan fingerprint density at radius 2 is 2.20 bits per heavy atom. The molecule has 0 radical (unpaired) electrons. The molecule has 0 saturated heterocycles. The Morgan fingerprint density at radius 1 is 1.53 bits per heavy atom. The second-order valence-electron chi connectivity index (χ2n) is 3.48. The molecule has 0 aliphatic carbocycles. The molecule has 82 valence electrons. The van der Waals surface area contributed by atoms with Crippen LogP contribution < -0.4 is 5.32 Å². The van der Waals surface area contributed by atoms with E-state index in [4.69, 9.17) is 5.11 Å². The Bertz CT molecular complexity index is 341. The highest BCUT2D eigenvalue weighted by Gasteiger charge is 2.10. The molecule has 1 aromatic carbocycles. The van der Waals surface area contributed by atoms with Crippen LogP contribution in [0.25, 0.3) is 0 Å². The lowest BCUT2D eigenvalue weighted by Crippen LogP contribution is -2.30. The van der Waals surface area contributed by atoms with Crippen molar-refractivity contribution in [1.29, 1.82) is 0 Å². The molecule has 2 N–H and O–H groups in total. The normalized spacial score (nSPS) is 12.2. The van der Waals surface area contributed by atoms with Crippen LogP contribution in [0.3, 0.4) is 0 Å². The average Bonchev–Trinajstić information content (AvgIpc) is 2.26. The second-order valence-corrected chi connectivity index (χ2v) is 3.48. The number of halogens is 1. The number of carbonyl (C=O) groups excluding carboxylic acids is 1. The number of hydrogen-bond acceptors (Lipinski definition) is 2. The van der Waals surface area contributed by atoms with Crippen LogP contribution in [0, 0.1) is 11.7 Å². The summed E-state index contributed by atoms with van der Waals surface area (Å²) in [7, 11) is 0. The van der Waals surface area contributed by atoms with Crippen molar-refractivity contribution in [3.63, 3.8) is 0 Å². The summed E-state index contributed by atoms with van der Waals surface area (Å²) in [6.07, 6.45) is 0. The SMILES string of the molecule is CC(CO)CNC(=O)c1ccccc1F. The van der Waals surface area contributed by atoms with E-state index in [0.717, 1.165) is 0 Å². The molecule has 0 saturated carbocycles. The lowest BCUT2D eigenvalue weighted by atomic mass is 10.1. The van der Waals surface area contributed by atoms with Gasteiger partial charge < -0.3 is 10.4 Å². The quantitative estimate of drug-likeness (QED) is 0.785. The predicted molar refractivity (Wildman–Crippen MR) is 55.0 cm³/mol. The fraction of sp³-hybridized carbons (Fsp3) is 0.364. The first-order valence-electron chi connectivity index (χ1n) is 4.78. The highest BCUT2D eigenvalue weighted by atomic mass is 19.1. The van der Waals surface area contributed by atoms with Crippen LogP contribution in [0.4, 0.5) is 4.39 Å². The van der Waals surface area contributed by atoms with Gasteiger partial charge in [0, 0.05) is 13.2 Å². The molecule has 0 aromatic heterocycles. The fourth-order valence-electron chi connectivity index (χ4n) is 1.07. The van der Waals surface area contributed by atoms with E-state index >= 15 is 0 Å². The third-order valence-corrected chi connectivity index (χ3v) is 2.04. The second kappa shape index (κ2) is 5.46. The molecular formula is C11H14FNO2. The molecule has 0 spiro atoms. The zero-order valence-electron chi connectivity index (χ0n) is 8.53. The van der Waals surface area contributed by atoms with Crippen LogP contribution in [0.2, 0.25) is 0 Å². The number of carbonyl (C=O) groups is 1. The molecule has 0 fully saturated rings. The number of rotatable bonds is 4. The molecule has 0 aliphatic heterocycles. The Labute approximate surface area is 87.9 Å². The molecule has 0 bridgehead atoms. The molecule has 0 aliphatic rings. The summed E-state index contributed by atoms with van der Waals surface area (Å²) >= 11 is 0. The van der Waals surface area contributed by atoms with Gasteiger partial charge in [0.2, 0.25) is 0 Å². The first-order valence-corrected chi connectivity index (χ1v) is 4.78. The van der Waals surface area contributed by atoms with Crippen LogP contribution in [-0.4, -0.2) is 24.2 Å². The number of hydrogen-bond donors (Lipinski definition) is 2. The zero-order valence-corrected chi connectivity index (χ0v) is 8.53. The van der Waals surface area contributed by atoms with E-state index in [1.807, 2.05) is 0 Å². The molecule has 1 rings (SSSR count). The zero-order chi connectivity index (χ0) is 11.3. The van der Waals surface area contributed by atoms with Crippen molar-refractivity contribution < 1.29 is 14.3 Å². The van der Waals surface area contributed by atoms with Crippen molar-refractivity contribution >= 4 is 5.91 Å². The molecular weight excluding hydrogens is 197 g/mol. The van der Waals surface area contributed by atoms with Gasteiger partial charge in [-0.05, 0) is 18.1 Å². The summed E-state index contributed by atoms with van der Waals surface area (Å²) in [6.45, 7) is 2.13. The first-order chi connectivity index (χ1) is 7.15. The molecule has 4 heteroatoms. The summed E-state index contributed by atoms with van der Waals surface area (Å²) < 4.78 is 13.1. The number of nitrogens with one attached hydrogen (secondary N) is 1. The topological polar surface area (TPSA) is 49.3 Å². The minimum Gasteiger partial charge on any atom is -0.396 e. The van der Waals surface area contributed by atoms with Crippen LogP contribution >= 0.6 is 0 Å². The minimum atomic E-state index is -0.536. The molecule has 3 nitrogen and oxygen atoms in total. The Balaban J connectivity index is 2.58. The van der Waals surface area contributed by atoms with Crippen LogP contribution in [0.1, 0.15) is 17.3 Å². The predicted octanol–water partition coefficient (Wildman–Crippen LogP) is 1.18. The van der Waals surface area contributed by atoms with Crippen LogP contribution in [0.15, 0.2) is 24.3 Å². The summed E-state index contributed by atoms with van der Waals surface area (Å²) in [5.74, 6) is -1.01. The maximum Gasteiger partial charge on any atom is 0.254 e. The van der Waals surface area contributed by atoms with Crippen LogP contribution in [0.5, 0.6) is 0 Å². The van der Waals surface area contributed by atoms with Crippen molar-refractivity contribution in [3.8, 4) is 0 Å². The van der Waals surface area contributed by atoms with Gasteiger partial charge in [-0.15, -0.1) is 0 Å². The summed E-state index contributed by atoms with van der Waals surface area (Å²) in [4.78, 5) is 11.5. The fourth-order valence-corrected chi connectivity index (χ4v) is 1.07. The van der Waals surface area contributed by atoms with E-state index in [2.05, 4.69) is 5.32 Å². The Kier molecular flexibility index (Phi) is 4.24. The lowest BCUT2D eigenvalue weighted by molar-refractivity contribution is 0.0938. The number of aliphatic hydroxyl groups is 1. The van der Waals surface area contributed by atoms with Gasteiger partial charge in [0.1, 0.15) is 5.82 Å². The highest BCUT2D eigenvalue weighted by Crippen LogP contribution is 2.05. The maximum atomic E-state index is 13.1. The Hall–Kier alpha value is -1.42. The van der Waals surface area contributed by atoms with Gasteiger partial charge in [0.15, 0.2) is 0 Å². The van der Waals surface area contributed by atoms with Crippen molar-refractivity contribution in [3.05, 3.63) is 35.6 Å². The highest BCUT2D eigenvalue weighted by molar-refractivity contribution is 5.94. The van der Waals surface area contributed by atoms with Crippen molar-refractivity contribution in [2.24, 2.45) is 5.92 Å². The number of amides is 1. The van der Waals surface area contributed by atoms with Crippen LogP contribution in [-0.2, 0) is 0 Å². The van der Waals surface area contributed by atoms with E-state index < -0.39 is 11.7 Å². The summed E-state index contributed by atoms with van der Waals surface area (Å²) in [6, 6.07) is 5.80. The third-order valence-electron chi connectivity index (χ3n) is 2.04. The van der Waals surface area contributed by atoms with Gasteiger partial charge in [-0.3, -0.25) is 4.79 Å². The van der Waals surface area contributed by atoms with E-state index in [1.54, 1.807) is 13.0 Å². The minimum absolute atomic E-state index is 0.00243. The summed E-state index contributed by atoms with van der Waals surface area (Å²) in [5.41, 5.74) is 0.0302. The van der Waals surface area contributed by atoms with E-state index in [9.17, 15) is 9.18 Å². The molecule has 0 heterocycles. The lowest BCUT2D eigenvalue weighted by Gasteiger charge is -2.09. The monoisotopic (exact) mass is 211 g/mol. The van der Waals surface area contributed by atoms with E-state index in [1.165, 1.54) is 18.2 Å². The third kappa shape index (κ3) is 3.32. The number of benzene rings is 1. The van der Waals surface area contributed by atoms with Gasteiger partial charge >= 0.3 is 0 Å². The van der Waals surface area contributed by atoms with Gasteiger partial charge in [-0.25, -0.2) is 4.39 Å².